The van der Waals surface area contributed by atoms with E-state index in [1.807, 2.05) is 29.1 Å². The van der Waals surface area contributed by atoms with Crippen molar-refractivity contribution in [1.82, 2.24) is 25.0 Å². The van der Waals surface area contributed by atoms with Gasteiger partial charge in [-0.2, -0.15) is 0 Å². The quantitative estimate of drug-likeness (QED) is 0.703. The average molecular weight is 405 g/mol. The molecule has 2 saturated heterocycles. The number of anilines is 1. The molecule has 4 heterocycles. The van der Waals surface area contributed by atoms with Crippen LogP contribution in [0.15, 0.2) is 24.5 Å². The standard InChI is InChI=1S/C19H28N6O2S/c26-17(20-6-4-7-23-11-13-27-14-12-23)16-5-3-10-25(15-16)19-22-21-18(28-19)24-8-1-2-9-24/h1-2,8-9,16H,3-7,10-15H2,(H,20,26). The van der Waals surface area contributed by atoms with Crippen LogP contribution in [-0.2, 0) is 9.53 Å². The Hall–Kier alpha value is -1.97. The Bertz CT molecular complexity index is 743. The molecule has 8 nitrogen and oxygen atoms in total. The minimum Gasteiger partial charge on any atom is -0.379 e. The lowest BCUT2D eigenvalue weighted by Crippen LogP contribution is -2.44. The summed E-state index contributed by atoms with van der Waals surface area (Å²) in [5.41, 5.74) is 0. The van der Waals surface area contributed by atoms with Crippen molar-refractivity contribution in [2.24, 2.45) is 5.92 Å². The summed E-state index contributed by atoms with van der Waals surface area (Å²) in [6.07, 6.45) is 6.86. The third-order valence-electron chi connectivity index (χ3n) is 5.35. The summed E-state index contributed by atoms with van der Waals surface area (Å²) < 4.78 is 7.33. The molecule has 28 heavy (non-hydrogen) atoms. The fourth-order valence-corrected chi connectivity index (χ4v) is 4.60. The van der Waals surface area contributed by atoms with E-state index in [4.69, 9.17) is 4.74 Å². The highest BCUT2D eigenvalue weighted by Gasteiger charge is 2.27. The SMILES string of the molecule is O=C(NCCCN1CCOCC1)C1CCCN(c2nnc(-n3cccc3)s2)C1. The second kappa shape index (κ2) is 9.49. The lowest BCUT2D eigenvalue weighted by molar-refractivity contribution is -0.125. The molecule has 2 aromatic rings. The first-order valence-electron chi connectivity index (χ1n) is 10.1. The first-order chi connectivity index (χ1) is 13.8. The van der Waals surface area contributed by atoms with Gasteiger partial charge in [0.25, 0.3) is 0 Å². The highest BCUT2D eigenvalue weighted by Crippen LogP contribution is 2.27. The molecule has 0 aromatic carbocycles. The molecule has 1 N–H and O–H groups in total. The van der Waals surface area contributed by atoms with E-state index in [0.29, 0.717) is 0 Å². The molecule has 2 aliphatic rings. The van der Waals surface area contributed by atoms with E-state index >= 15 is 0 Å². The van der Waals surface area contributed by atoms with Crippen LogP contribution >= 0.6 is 11.3 Å². The molecule has 4 rings (SSSR count). The number of carbonyl (C=O) groups is 1. The van der Waals surface area contributed by atoms with E-state index < -0.39 is 0 Å². The van der Waals surface area contributed by atoms with E-state index in [1.165, 1.54) is 0 Å². The Morgan fingerprint density at radius 2 is 1.96 bits per heavy atom. The normalized spacial score (nSPS) is 21.0. The summed E-state index contributed by atoms with van der Waals surface area (Å²) in [5, 5.41) is 13.5. The van der Waals surface area contributed by atoms with Crippen LogP contribution in [-0.4, -0.2) is 78.1 Å². The summed E-state index contributed by atoms with van der Waals surface area (Å²) >= 11 is 1.57. The number of morpholine rings is 1. The van der Waals surface area contributed by atoms with Crippen molar-refractivity contribution in [3.05, 3.63) is 24.5 Å². The fraction of sp³-hybridized carbons (Fsp3) is 0.632. The van der Waals surface area contributed by atoms with Gasteiger partial charge >= 0.3 is 0 Å². The van der Waals surface area contributed by atoms with Crippen LogP contribution in [0.2, 0.25) is 0 Å². The Morgan fingerprint density at radius 3 is 2.79 bits per heavy atom. The zero-order chi connectivity index (χ0) is 19.2. The second-order valence-corrected chi connectivity index (χ2v) is 8.28. The molecule has 0 saturated carbocycles. The highest BCUT2D eigenvalue weighted by atomic mass is 32.1. The van der Waals surface area contributed by atoms with Gasteiger partial charge in [0, 0.05) is 45.1 Å². The Morgan fingerprint density at radius 1 is 1.18 bits per heavy atom. The van der Waals surface area contributed by atoms with Crippen molar-refractivity contribution in [2.45, 2.75) is 19.3 Å². The zero-order valence-corrected chi connectivity index (χ0v) is 16.9. The summed E-state index contributed by atoms with van der Waals surface area (Å²) in [4.78, 5) is 17.2. The number of ether oxygens (including phenoxy) is 1. The molecule has 152 valence electrons. The maximum atomic E-state index is 12.6. The number of rotatable bonds is 7. The topological polar surface area (TPSA) is 75.5 Å². The number of amides is 1. The molecule has 2 fully saturated rings. The lowest BCUT2D eigenvalue weighted by atomic mass is 9.97. The number of nitrogens with one attached hydrogen (secondary N) is 1. The van der Waals surface area contributed by atoms with Gasteiger partial charge in [-0.15, -0.1) is 10.2 Å². The molecule has 2 aliphatic heterocycles. The van der Waals surface area contributed by atoms with Gasteiger partial charge in [0.1, 0.15) is 0 Å². The molecular formula is C19H28N6O2S. The van der Waals surface area contributed by atoms with Crippen LogP contribution in [0.1, 0.15) is 19.3 Å². The smallest absolute Gasteiger partial charge is 0.224 e. The second-order valence-electron chi connectivity index (χ2n) is 7.34. The number of aromatic nitrogens is 3. The molecular weight excluding hydrogens is 376 g/mol. The maximum absolute atomic E-state index is 12.6. The number of hydrogen-bond donors (Lipinski definition) is 1. The number of hydrogen-bond acceptors (Lipinski definition) is 7. The van der Waals surface area contributed by atoms with E-state index in [9.17, 15) is 4.79 Å². The van der Waals surface area contributed by atoms with Crippen molar-refractivity contribution in [3.8, 4) is 5.13 Å². The predicted octanol–water partition coefficient (Wildman–Crippen LogP) is 1.38. The van der Waals surface area contributed by atoms with E-state index in [1.54, 1.807) is 11.3 Å². The average Bonchev–Trinajstić information content (AvgIpc) is 3.44. The molecule has 2 aromatic heterocycles. The van der Waals surface area contributed by atoms with Gasteiger partial charge in [0.2, 0.25) is 16.2 Å². The van der Waals surface area contributed by atoms with Gasteiger partial charge < -0.3 is 15.0 Å². The summed E-state index contributed by atoms with van der Waals surface area (Å²) in [6.45, 7) is 7.05. The van der Waals surface area contributed by atoms with E-state index in [-0.39, 0.29) is 11.8 Å². The third-order valence-corrected chi connectivity index (χ3v) is 6.34. The van der Waals surface area contributed by atoms with E-state index in [0.717, 1.165) is 82.0 Å². The Balaban J connectivity index is 1.23. The molecule has 1 atom stereocenters. The van der Waals surface area contributed by atoms with Gasteiger partial charge in [0.05, 0.1) is 19.1 Å². The van der Waals surface area contributed by atoms with Crippen LogP contribution in [0, 0.1) is 5.92 Å². The van der Waals surface area contributed by atoms with Crippen LogP contribution in [0.4, 0.5) is 5.13 Å². The Kier molecular flexibility index (Phi) is 6.56. The third kappa shape index (κ3) is 4.89. The van der Waals surface area contributed by atoms with Crippen LogP contribution in [0.3, 0.4) is 0 Å². The molecule has 0 aliphatic carbocycles. The lowest BCUT2D eigenvalue weighted by Gasteiger charge is -2.31. The molecule has 0 spiro atoms. The monoisotopic (exact) mass is 404 g/mol. The van der Waals surface area contributed by atoms with Crippen molar-refractivity contribution < 1.29 is 9.53 Å². The van der Waals surface area contributed by atoms with Gasteiger partial charge in [-0.05, 0) is 37.9 Å². The summed E-state index contributed by atoms with van der Waals surface area (Å²) in [7, 11) is 0. The Labute approximate surface area is 169 Å². The minimum absolute atomic E-state index is 0.0241. The number of piperidine rings is 1. The van der Waals surface area contributed by atoms with Crippen LogP contribution in [0.5, 0.6) is 0 Å². The minimum atomic E-state index is 0.0241. The number of carbonyl (C=O) groups excluding carboxylic acids is 1. The van der Waals surface area contributed by atoms with Crippen molar-refractivity contribution >= 4 is 22.4 Å². The van der Waals surface area contributed by atoms with Gasteiger partial charge in [-0.3, -0.25) is 14.3 Å². The van der Waals surface area contributed by atoms with Crippen molar-refractivity contribution in [1.29, 1.82) is 0 Å². The van der Waals surface area contributed by atoms with Gasteiger partial charge in [0.15, 0.2) is 0 Å². The number of nitrogens with zero attached hydrogens (tertiary/aromatic N) is 5. The van der Waals surface area contributed by atoms with Crippen molar-refractivity contribution in [2.75, 3.05) is 57.4 Å². The molecule has 1 unspecified atom stereocenters. The molecule has 0 bridgehead atoms. The summed E-state index contributed by atoms with van der Waals surface area (Å²) in [5.74, 6) is 0.192. The molecule has 9 heteroatoms. The van der Waals surface area contributed by atoms with Gasteiger partial charge in [-0.25, -0.2) is 0 Å². The van der Waals surface area contributed by atoms with Crippen LogP contribution in [0.25, 0.3) is 5.13 Å². The highest BCUT2D eigenvalue weighted by molar-refractivity contribution is 7.17. The first kappa shape index (κ1) is 19.4. The maximum Gasteiger partial charge on any atom is 0.224 e. The van der Waals surface area contributed by atoms with Gasteiger partial charge in [-0.1, -0.05) is 11.3 Å². The van der Waals surface area contributed by atoms with Crippen molar-refractivity contribution in [3.63, 3.8) is 0 Å². The zero-order valence-electron chi connectivity index (χ0n) is 16.1. The fourth-order valence-electron chi connectivity index (χ4n) is 3.75. The molecule has 1 amide bonds. The predicted molar refractivity (Wildman–Crippen MR) is 109 cm³/mol. The largest absolute Gasteiger partial charge is 0.379 e. The van der Waals surface area contributed by atoms with Crippen LogP contribution < -0.4 is 10.2 Å². The summed E-state index contributed by atoms with van der Waals surface area (Å²) in [6, 6.07) is 3.95. The molecule has 0 radical (unpaired) electrons. The first-order valence-corrected chi connectivity index (χ1v) is 10.9. The van der Waals surface area contributed by atoms with E-state index in [2.05, 4.69) is 25.3 Å².